The average molecular weight is 275 g/mol. The van der Waals surface area contributed by atoms with Crippen molar-refractivity contribution in [2.24, 2.45) is 4.99 Å². The summed E-state index contributed by atoms with van der Waals surface area (Å²) < 4.78 is 0. The number of benzene rings is 1. The summed E-state index contributed by atoms with van der Waals surface area (Å²) in [4.78, 5) is 14.0. The van der Waals surface area contributed by atoms with Crippen molar-refractivity contribution in [3.05, 3.63) is 23.8 Å². The molecular formula is C10H11NO4Zn. The van der Waals surface area contributed by atoms with E-state index in [4.69, 9.17) is 5.11 Å². The first kappa shape index (κ1) is 14.6. The molecule has 0 saturated heterocycles. The van der Waals surface area contributed by atoms with Crippen molar-refractivity contribution < 1.29 is 39.6 Å². The van der Waals surface area contributed by atoms with Crippen LogP contribution in [0.2, 0.25) is 0 Å². The van der Waals surface area contributed by atoms with Crippen molar-refractivity contribution in [3.8, 4) is 11.5 Å². The van der Waals surface area contributed by atoms with Crippen LogP contribution in [-0.2, 0) is 24.3 Å². The third-order valence-corrected chi connectivity index (χ3v) is 1.82. The molecular weight excluding hydrogens is 264 g/mol. The Morgan fingerprint density at radius 2 is 2.00 bits per heavy atom. The molecule has 1 aromatic rings. The minimum atomic E-state index is -1.05. The molecule has 0 amide bonds. The molecule has 16 heavy (non-hydrogen) atoms. The summed E-state index contributed by atoms with van der Waals surface area (Å²) in [7, 11) is 0. The number of nitrogens with zero attached hydrogens (tertiary/aromatic N) is 1. The van der Waals surface area contributed by atoms with Gasteiger partial charge in [0.15, 0.2) is 0 Å². The summed E-state index contributed by atoms with van der Waals surface area (Å²) in [5, 5.41) is 27.0. The minimum Gasteiger partial charge on any atom is -0.508 e. The Morgan fingerprint density at radius 3 is 2.56 bits per heavy atom. The molecule has 0 atom stereocenters. The Morgan fingerprint density at radius 1 is 1.38 bits per heavy atom. The monoisotopic (exact) mass is 273 g/mol. The SMILES string of the molecule is C/C(=N\CC(=O)O)c1cc(O)ccc1O.[Zn]. The van der Waals surface area contributed by atoms with E-state index in [0.717, 1.165) is 0 Å². The van der Waals surface area contributed by atoms with Crippen molar-refractivity contribution >= 4 is 11.7 Å². The van der Waals surface area contributed by atoms with Gasteiger partial charge < -0.3 is 15.3 Å². The van der Waals surface area contributed by atoms with E-state index in [9.17, 15) is 15.0 Å². The molecule has 6 heteroatoms. The first-order valence-corrected chi connectivity index (χ1v) is 4.26. The van der Waals surface area contributed by atoms with E-state index in [1.807, 2.05) is 0 Å². The zero-order chi connectivity index (χ0) is 11.4. The predicted molar refractivity (Wildman–Crippen MR) is 54.5 cm³/mol. The molecule has 82 valence electrons. The van der Waals surface area contributed by atoms with Gasteiger partial charge in [-0.05, 0) is 25.1 Å². The summed E-state index contributed by atoms with van der Waals surface area (Å²) in [6.07, 6.45) is 0. The number of carboxylic acid groups (broad SMARTS) is 1. The van der Waals surface area contributed by atoms with E-state index in [1.54, 1.807) is 6.92 Å². The second-order valence-corrected chi connectivity index (χ2v) is 3.00. The van der Waals surface area contributed by atoms with Crippen LogP contribution in [0.5, 0.6) is 11.5 Å². The van der Waals surface area contributed by atoms with Gasteiger partial charge >= 0.3 is 5.97 Å². The van der Waals surface area contributed by atoms with Gasteiger partial charge in [0.25, 0.3) is 0 Å². The molecule has 0 aliphatic heterocycles. The van der Waals surface area contributed by atoms with Gasteiger partial charge in [-0.3, -0.25) is 9.79 Å². The molecule has 0 bridgehead atoms. The van der Waals surface area contributed by atoms with Crippen molar-refractivity contribution in [1.82, 2.24) is 0 Å². The normalized spacial score (nSPS) is 10.7. The van der Waals surface area contributed by atoms with Gasteiger partial charge in [0, 0.05) is 30.8 Å². The Labute approximate surface area is 105 Å². The van der Waals surface area contributed by atoms with Crippen molar-refractivity contribution in [1.29, 1.82) is 0 Å². The number of carboxylic acids is 1. The number of aliphatic carboxylic acids is 1. The predicted octanol–water partition coefficient (Wildman–Crippen LogP) is 0.989. The summed E-state index contributed by atoms with van der Waals surface area (Å²) >= 11 is 0. The Hall–Kier alpha value is -1.42. The van der Waals surface area contributed by atoms with Crippen LogP contribution in [0.25, 0.3) is 0 Å². The fourth-order valence-electron chi connectivity index (χ4n) is 1.09. The Kier molecular flexibility index (Phi) is 5.68. The van der Waals surface area contributed by atoms with Crippen LogP contribution in [0.3, 0.4) is 0 Å². The maximum Gasteiger partial charge on any atom is 0.325 e. The van der Waals surface area contributed by atoms with Crippen molar-refractivity contribution in [3.63, 3.8) is 0 Å². The number of hydrogen-bond acceptors (Lipinski definition) is 4. The maximum atomic E-state index is 10.3. The van der Waals surface area contributed by atoms with Crippen LogP contribution in [0.4, 0.5) is 0 Å². The summed E-state index contributed by atoms with van der Waals surface area (Å²) in [5.74, 6) is -1.10. The van der Waals surface area contributed by atoms with Crippen LogP contribution in [0.1, 0.15) is 12.5 Å². The fourth-order valence-corrected chi connectivity index (χ4v) is 1.09. The van der Waals surface area contributed by atoms with Gasteiger partial charge in [-0.25, -0.2) is 0 Å². The third kappa shape index (κ3) is 3.99. The molecule has 0 fully saturated rings. The molecule has 0 unspecified atom stereocenters. The molecule has 0 saturated carbocycles. The number of carbonyl (C=O) groups is 1. The minimum absolute atomic E-state index is 0. The number of aliphatic imine (C=N–C) groups is 1. The van der Waals surface area contributed by atoms with Crippen LogP contribution in [0, 0.1) is 0 Å². The van der Waals surface area contributed by atoms with Crippen LogP contribution < -0.4 is 0 Å². The fraction of sp³-hybridized carbons (Fsp3) is 0.200. The van der Waals surface area contributed by atoms with Crippen molar-refractivity contribution in [2.45, 2.75) is 6.92 Å². The largest absolute Gasteiger partial charge is 0.508 e. The molecule has 0 aromatic heterocycles. The van der Waals surface area contributed by atoms with E-state index in [2.05, 4.69) is 4.99 Å². The van der Waals surface area contributed by atoms with Gasteiger partial charge in [-0.1, -0.05) is 0 Å². The molecule has 3 N–H and O–H groups in total. The quantitative estimate of drug-likeness (QED) is 0.435. The molecule has 5 nitrogen and oxygen atoms in total. The van der Waals surface area contributed by atoms with E-state index < -0.39 is 5.97 Å². The second-order valence-electron chi connectivity index (χ2n) is 3.00. The molecule has 0 radical (unpaired) electrons. The van der Waals surface area contributed by atoms with Gasteiger partial charge in [-0.15, -0.1) is 0 Å². The van der Waals surface area contributed by atoms with Gasteiger partial charge in [0.2, 0.25) is 0 Å². The number of hydrogen-bond donors (Lipinski definition) is 3. The average Bonchev–Trinajstić information content (AvgIpc) is 2.18. The molecule has 1 aromatic carbocycles. The smallest absolute Gasteiger partial charge is 0.325 e. The number of phenols is 2. The first-order chi connectivity index (χ1) is 7.00. The standard InChI is InChI=1S/C10H11NO4.Zn/c1-6(11-5-10(14)15)8-4-7(12)2-3-9(8)13;/h2-4,12-13H,5H2,1H3,(H,14,15);/b11-6+;. The van der Waals surface area contributed by atoms with Crippen molar-refractivity contribution in [2.75, 3.05) is 6.54 Å². The summed E-state index contributed by atoms with van der Waals surface area (Å²) in [6, 6.07) is 3.99. The Balaban J connectivity index is 0.00000225. The molecule has 0 aliphatic carbocycles. The van der Waals surface area contributed by atoms with Gasteiger partial charge in [-0.2, -0.15) is 0 Å². The summed E-state index contributed by atoms with van der Waals surface area (Å²) in [5.41, 5.74) is 0.696. The zero-order valence-corrected chi connectivity index (χ0v) is 11.8. The van der Waals surface area contributed by atoms with E-state index in [0.29, 0.717) is 11.3 Å². The van der Waals surface area contributed by atoms with E-state index in [1.165, 1.54) is 18.2 Å². The van der Waals surface area contributed by atoms with Gasteiger partial charge in [0.05, 0.1) is 0 Å². The molecule has 0 aliphatic rings. The van der Waals surface area contributed by atoms with E-state index >= 15 is 0 Å². The number of phenolic OH excluding ortho intramolecular Hbond substituents is 2. The molecule has 1 rings (SSSR count). The van der Waals surface area contributed by atoms with Crippen LogP contribution in [0.15, 0.2) is 23.2 Å². The van der Waals surface area contributed by atoms with Crippen LogP contribution in [-0.4, -0.2) is 33.5 Å². The molecule has 0 heterocycles. The topological polar surface area (TPSA) is 90.1 Å². The Bertz CT molecular complexity index is 417. The van der Waals surface area contributed by atoms with Crippen LogP contribution >= 0.6 is 0 Å². The number of aromatic hydroxyl groups is 2. The first-order valence-electron chi connectivity index (χ1n) is 4.26. The van der Waals surface area contributed by atoms with E-state index in [-0.39, 0.29) is 37.5 Å². The second kappa shape index (κ2) is 6.23. The molecule has 0 spiro atoms. The van der Waals surface area contributed by atoms with Gasteiger partial charge in [0.1, 0.15) is 18.0 Å². The zero-order valence-electron chi connectivity index (χ0n) is 8.84. The maximum absolute atomic E-state index is 10.3. The number of rotatable bonds is 3. The summed E-state index contributed by atoms with van der Waals surface area (Å²) in [6.45, 7) is 1.21. The third-order valence-electron chi connectivity index (χ3n) is 1.82.